The van der Waals surface area contributed by atoms with Crippen LogP contribution >= 0.6 is 0 Å². The van der Waals surface area contributed by atoms with Gasteiger partial charge in [0.05, 0.1) is 0 Å². The number of aryl methyl sites for hydroxylation is 2. The average molecular weight is 337 g/mol. The first-order valence-electron chi connectivity index (χ1n) is 8.97. The molecule has 1 aliphatic rings. The Balaban J connectivity index is 1.82. The van der Waals surface area contributed by atoms with Crippen molar-refractivity contribution in [1.82, 2.24) is 14.5 Å². The summed E-state index contributed by atoms with van der Waals surface area (Å²) >= 11 is 0. The van der Waals surface area contributed by atoms with Crippen LogP contribution in [0.4, 0.5) is 4.39 Å². The normalized spacial score (nSPS) is 20.8. The van der Waals surface area contributed by atoms with Crippen LogP contribution in [0.15, 0.2) is 42.7 Å². The molecule has 0 N–H and O–H groups in total. The van der Waals surface area contributed by atoms with Crippen LogP contribution in [0.1, 0.15) is 36.7 Å². The molecule has 0 fully saturated rings. The van der Waals surface area contributed by atoms with Gasteiger partial charge in [0.1, 0.15) is 5.82 Å². The summed E-state index contributed by atoms with van der Waals surface area (Å²) in [6.07, 6.45) is 5.66. The maximum Gasteiger partial charge on any atom is 0.123 e. The van der Waals surface area contributed by atoms with E-state index in [0.717, 1.165) is 30.3 Å². The Morgan fingerprint density at radius 1 is 1.24 bits per heavy atom. The Labute approximate surface area is 148 Å². The Hall–Kier alpha value is -2.20. The molecule has 4 rings (SSSR count). The molecular formula is C21H24FN3. The monoisotopic (exact) mass is 337 g/mol. The lowest BCUT2D eigenvalue weighted by molar-refractivity contribution is 0.177. The molecule has 3 heterocycles. The molecule has 1 aliphatic heterocycles. The van der Waals surface area contributed by atoms with Crippen LogP contribution in [0, 0.1) is 5.82 Å². The molecule has 2 atom stereocenters. The lowest BCUT2D eigenvalue weighted by Crippen LogP contribution is -2.38. The highest BCUT2D eigenvalue weighted by molar-refractivity contribution is 5.86. The third-order valence-corrected chi connectivity index (χ3v) is 5.74. The molecule has 2 aromatic heterocycles. The number of aromatic nitrogens is 2. The van der Waals surface area contributed by atoms with Gasteiger partial charge in [0.15, 0.2) is 0 Å². The molecule has 0 saturated carbocycles. The first-order valence-corrected chi connectivity index (χ1v) is 8.97. The molecule has 25 heavy (non-hydrogen) atoms. The Kier molecular flexibility index (Phi) is 4.08. The highest BCUT2D eigenvalue weighted by Gasteiger charge is 2.31. The number of likely N-dealkylation sites (N-methyl/N-ethyl adjacent to an activating group) is 1. The highest BCUT2D eigenvalue weighted by Crippen LogP contribution is 2.39. The molecule has 2 unspecified atom stereocenters. The minimum absolute atomic E-state index is 0.159. The van der Waals surface area contributed by atoms with E-state index in [0.29, 0.717) is 12.1 Å². The first-order chi connectivity index (χ1) is 12.1. The van der Waals surface area contributed by atoms with Crippen LogP contribution in [0.25, 0.3) is 10.9 Å². The second kappa shape index (κ2) is 6.26. The molecule has 130 valence electrons. The van der Waals surface area contributed by atoms with Gasteiger partial charge in [-0.3, -0.25) is 9.88 Å². The number of nitrogens with zero attached hydrogens (tertiary/aromatic N) is 3. The summed E-state index contributed by atoms with van der Waals surface area (Å²) in [6.45, 7) is 5.39. The second-order valence-corrected chi connectivity index (χ2v) is 7.18. The minimum Gasteiger partial charge on any atom is -0.344 e. The van der Waals surface area contributed by atoms with E-state index in [9.17, 15) is 4.39 Å². The van der Waals surface area contributed by atoms with Crippen molar-refractivity contribution in [1.29, 1.82) is 0 Å². The van der Waals surface area contributed by atoms with Gasteiger partial charge < -0.3 is 4.57 Å². The van der Waals surface area contributed by atoms with Gasteiger partial charge in [-0.05, 0) is 62.7 Å². The number of hydrogen-bond donors (Lipinski definition) is 0. The second-order valence-electron chi connectivity index (χ2n) is 7.18. The van der Waals surface area contributed by atoms with Crippen molar-refractivity contribution in [2.45, 2.75) is 45.3 Å². The van der Waals surface area contributed by atoms with E-state index in [-0.39, 0.29) is 5.82 Å². The molecule has 0 aliphatic carbocycles. The number of rotatable bonds is 3. The average Bonchev–Trinajstić information content (AvgIpc) is 2.91. The highest BCUT2D eigenvalue weighted by atomic mass is 19.1. The summed E-state index contributed by atoms with van der Waals surface area (Å²) in [5, 5.41) is 1.06. The fraction of sp³-hybridized carbons (Fsp3) is 0.381. The number of pyridine rings is 1. The van der Waals surface area contributed by atoms with Crippen molar-refractivity contribution in [2.75, 3.05) is 7.05 Å². The van der Waals surface area contributed by atoms with Gasteiger partial charge in [0.2, 0.25) is 0 Å². The molecular weight excluding hydrogens is 313 g/mol. The van der Waals surface area contributed by atoms with Crippen LogP contribution in [0.2, 0.25) is 0 Å². The molecule has 0 saturated heterocycles. The van der Waals surface area contributed by atoms with Gasteiger partial charge in [0, 0.05) is 54.0 Å². The van der Waals surface area contributed by atoms with Gasteiger partial charge in [-0.15, -0.1) is 0 Å². The fourth-order valence-electron chi connectivity index (χ4n) is 4.14. The predicted octanol–water partition coefficient (Wildman–Crippen LogP) is 4.36. The molecule has 1 aromatic carbocycles. The number of halogens is 1. The molecule has 0 radical (unpaired) electrons. The van der Waals surface area contributed by atoms with E-state index < -0.39 is 0 Å². The van der Waals surface area contributed by atoms with Gasteiger partial charge in [-0.2, -0.15) is 0 Å². The Morgan fingerprint density at radius 3 is 2.84 bits per heavy atom. The topological polar surface area (TPSA) is 21.1 Å². The molecule has 3 aromatic rings. The van der Waals surface area contributed by atoms with Crippen molar-refractivity contribution in [3.05, 3.63) is 65.4 Å². The quantitative estimate of drug-likeness (QED) is 0.708. The van der Waals surface area contributed by atoms with Gasteiger partial charge in [-0.25, -0.2) is 4.39 Å². The van der Waals surface area contributed by atoms with E-state index in [2.05, 4.69) is 41.4 Å². The summed E-state index contributed by atoms with van der Waals surface area (Å²) in [5.41, 5.74) is 5.03. The fourth-order valence-corrected chi connectivity index (χ4v) is 4.14. The molecule has 0 spiro atoms. The van der Waals surface area contributed by atoms with Crippen LogP contribution in [0.5, 0.6) is 0 Å². The predicted molar refractivity (Wildman–Crippen MR) is 99.2 cm³/mol. The summed E-state index contributed by atoms with van der Waals surface area (Å²) in [6, 6.07) is 10.1. The molecule has 3 nitrogen and oxygen atoms in total. The third-order valence-electron chi connectivity index (χ3n) is 5.74. The lowest BCUT2D eigenvalue weighted by atomic mass is 9.93. The zero-order chi connectivity index (χ0) is 17.6. The van der Waals surface area contributed by atoms with Crippen molar-refractivity contribution in [2.24, 2.45) is 0 Å². The van der Waals surface area contributed by atoms with Crippen LogP contribution in [-0.4, -0.2) is 27.5 Å². The Morgan fingerprint density at radius 2 is 2.08 bits per heavy atom. The van der Waals surface area contributed by atoms with Crippen LogP contribution in [-0.2, 0) is 19.4 Å². The van der Waals surface area contributed by atoms with Crippen molar-refractivity contribution in [3.63, 3.8) is 0 Å². The lowest BCUT2D eigenvalue weighted by Gasteiger charge is -2.36. The zero-order valence-electron chi connectivity index (χ0n) is 15.0. The summed E-state index contributed by atoms with van der Waals surface area (Å²) < 4.78 is 16.3. The minimum atomic E-state index is -0.159. The van der Waals surface area contributed by atoms with Gasteiger partial charge in [0.25, 0.3) is 0 Å². The number of benzene rings is 1. The van der Waals surface area contributed by atoms with Crippen LogP contribution in [0.3, 0.4) is 0 Å². The zero-order valence-corrected chi connectivity index (χ0v) is 15.0. The van der Waals surface area contributed by atoms with E-state index in [1.165, 1.54) is 16.8 Å². The van der Waals surface area contributed by atoms with Gasteiger partial charge in [-0.1, -0.05) is 6.07 Å². The SMILES string of the molecule is CC1Cc2c(c3cc(F)ccc3n2CCc2cccnc2)C(C)N1C. The smallest absolute Gasteiger partial charge is 0.123 e. The van der Waals surface area contributed by atoms with Crippen LogP contribution < -0.4 is 0 Å². The Bertz CT molecular complexity index is 900. The maximum atomic E-state index is 13.9. The summed E-state index contributed by atoms with van der Waals surface area (Å²) in [4.78, 5) is 6.60. The first kappa shape index (κ1) is 16.3. The number of hydrogen-bond acceptors (Lipinski definition) is 2. The summed E-state index contributed by atoms with van der Waals surface area (Å²) in [5.74, 6) is -0.159. The number of fused-ring (bicyclic) bond motifs is 3. The molecule has 4 heteroatoms. The van der Waals surface area contributed by atoms with Gasteiger partial charge >= 0.3 is 0 Å². The van der Waals surface area contributed by atoms with Crippen molar-refractivity contribution >= 4 is 10.9 Å². The van der Waals surface area contributed by atoms with E-state index in [1.807, 2.05) is 18.3 Å². The van der Waals surface area contributed by atoms with Crippen molar-refractivity contribution < 1.29 is 4.39 Å². The molecule has 0 bridgehead atoms. The largest absolute Gasteiger partial charge is 0.344 e. The maximum absolute atomic E-state index is 13.9. The molecule has 0 amide bonds. The van der Waals surface area contributed by atoms with E-state index >= 15 is 0 Å². The van der Waals surface area contributed by atoms with E-state index in [4.69, 9.17) is 0 Å². The van der Waals surface area contributed by atoms with E-state index in [1.54, 1.807) is 18.3 Å². The standard InChI is InChI=1S/C21H24FN3/c1-14-11-20-21(15(2)24(14)3)18-12-17(22)6-7-19(18)25(20)10-8-16-5-4-9-23-13-16/h4-7,9,12-15H,8,10-11H2,1-3H3. The summed E-state index contributed by atoms with van der Waals surface area (Å²) in [7, 11) is 2.16. The third kappa shape index (κ3) is 2.74. The van der Waals surface area contributed by atoms with Crippen molar-refractivity contribution in [3.8, 4) is 0 Å².